The Kier molecular flexibility index (Phi) is 19.4. The van der Waals surface area contributed by atoms with Crippen LogP contribution in [-0.2, 0) is 20.4 Å². The Morgan fingerprint density at radius 2 is 0.810 bits per heavy atom. The molecule has 0 spiro atoms. The van der Waals surface area contributed by atoms with E-state index in [1.165, 1.54) is 31.7 Å². The number of hydrogen-bond acceptors (Lipinski definition) is 3. The van der Waals surface area contributed by atoms with E-state index in [0.29, 0.717) is 5.41 Å². The summed E-state index contributed by atoms with van der Waals surface area (Å²) < 4.78 is 1.53. The second-order valence-electron chi connectivity index (χ2n) is 13.8. The van der Waals surface area contributed by atoms with Gasteiger partial charge in [0.2, 0.25) is 0 Å². The van der Waals surface area contributed by atoms with Crippen molar-refractivity contribution in [2.24, 2.45) is 5.41 Å². The van der Waals surface area contributed by atoms with Gasteiger partial charge in [-0.1, -0.05) is 147 Å². The monoisotopic (exact) mass is 608 g/mol. The molecular formula is C38H56O3Ti. The van der Waals surface area contributed by atoms with Crippen LogP contribution >= 0.6 is 0 Å². The zero-order chi connectivity index (χ0) is 33.4. The van der Waals surface area contributed by atoms with Gasteiger partial charge in [-0.25, -0.2) is 0 Å². The molecule has 0 aliphatic heterocycles. The quantitative estimate of drug-likeness (QED) is 0.262. The number of hydrogen-bond donors (Lipinski definition) is 0. The first-order valence-corrected chi connectivity index (χ1v) is 15.3. The summed E-state index contributed by atoms with van der Waals surface area (Å²) in [5, 5.41) is 30.3. The second-order valence-corrected chi connectivity index (χ2v) is 14.5. The fraction of sp³-hybridized carbons (Fsp3) is 0.474. The molecule has 0 saturated carbocycles. The molecule has 0 unspecified atom stereocenters. The molecule has 0 aromatic heterocycles. The zero-order valence-corrected chi connectivity index (χ0v) is 30.4. The van der Waals surface area contributed by atoms with Crippen molar-refractivity contribution in [2.45, 2.75) is 114 Å². The van der Waals surface area contributed by atoms with E-state index in [0.717, 1.165) is 0 Å². The van der Waals surface area contributed by atoms with Crippen molar-refractivity contribution in [3.63, 3.8) is 0 Å². The predicted molar refractivity (Wildman–Crippen MR) is 175 cm³/mol. The van der Waals surface area contributed by atoms with Gasteiger partial charge in [0.25, 0.3) is 0 Å². The van der Waals surface area contributed by atoms with Crippen LogP contribution in [0.15, 0.2) is 93.4 Å². The third-order valence-electron chi connectivity index (χ3n) is 5.35. The normalized spacial score (nSPS) is 14.7. The summed E-state index contributed by atoms with van der Waals surface area (Å²) in [5.74, 6) is 0. The van der Waals surface area contributed by atoms with Gasteiger partial charge in [-0.05, 0) is 11.1 Å². The van der Waals surface area contributed by atoms with E-state index in [1.54, 1.807) is 62.3 Å². The van der Waals surface area contributed by atoms with E-state index < -0.39 is 16.8 Å². The van der Waals surface area contributed by atoms with Gasteiger partial charge < -0.3 is 15.3 Å². The molecule has 0 amide bonds. The minimum atomic E-state index is -0.750. The van der Waals surface area contributed by atoms with E-state index in [9.17, 15) is 15.3 Å². The van der Waals surface area contributed by atoms with Crippen molar-refractivity contribution in [1.29, 1.82) is 0 Å². The molecule has 0 fully saturated rings. The molecule has 42 heavy (non-hydrogen) atoms. The molecule has 3 nitrogen and oxygen atoms in total. The van der Waals surface area contributed by atoms with Crippen LogP contribution in [0.3, 0.4) is 0 Å². The first-order chi connectivity index (χ1) is 18.8. The van der Waals surface area contributed by atoms with Crippen LogP contribution in [0.1, 0.15) is 108 Å². The molecule has 0 heterocycles. The molecule has 0 radical (unpaired) electrons. The molecule has 4 heteroatoms. The summed E-state index contributed by atoms with van der Waals surface area (Å²) in [6, 6.07) is 20.6. The second kappa shape index (κ2) is 19.3. The van der Waals surface area contributed by atoms with Crippen LogP contribution in [-0.4, -0.2) is 16.8 Å². The summed E-state index contributed by atoms with van der Waals surface area (Å²) >= 11 is 2.25. The van der Waals surface area contributed by atoms with Crippen molar-refractivity contribution >= 4 is 12.2 Å². The summed E-state index contributed by atoms with van der Waals surface area (Å²) in [4.78, 5) is 0. The Labute approximate surface area is 270 Å². The summed E-state index contributed by atoms with van der Waals surface area (Å²) in [6.45, 7) is 26.0. The van der Waals surface area contributed by atoms with Gasteiger partial charge in [-0.3, -0.25) is 0 Å². The fourth-order valence-corrected chi connectivity index (χ4v) is 3.64. The molecule has 0 N–H and O–H groups in total. The molecule has 1 aliphatic rings. The van der Waals surface area contributed by atoms with E-state index in [2.05, 4.69) is 104 Å². The maximum atomic E-state index is 10.1. The predicted octanol–water partition coefficient (Wildman–Crippen LogP) is 8.03. The number of benzene rings is 2. The van der Waals surface area contributed by atoms with Crippen LogP contribution in [0.4, 0.5) is 0 Å². The molecule has 2 aromatic rings. The van der Waals surface area contributed by atoms with Crippen LogP contribution in [0, 0.1) is 5.41 Å². The average Bonchev–Trinajstić information content (AvgIpc) is 2.95. The van der Waals surface area contributed by atoms with Gasteiger partial charge >= 0.3 is 81.1 Å². The first-order valence-electron chi connectivity index (χ1n) is 14.5. The van der Waals surface area contributed by atoms with E-state index in [4.69, 9.17) is 0 Å². The Morgan fingerprint density at radius 3 is 0.976 bits per heavy atom. The van der Waals surface area contributed by atoms with E-state index in [-0.39, 0.29) is 0 Å². The topological polar surface area (TPSA) is 69.2 Å². The third-order valence-corrected chi connectivity index (χ3v) is 6.91. The molecule has 0 saturated heterocycles. The molecule has 0 atom stereocenters. The number of allylic oxidation sites excluding steroid dienone is 6. The average molecular weight is 609 g/mol. The van der Waals surface area contributed by atoms with Crippen LogP contribution < -0.4 is 15.3 Å². The minimum absolute atomic E-state index is 0.314. The third kappa shape index (κ3) is 25.7. The fourth-order valence-electron chi connectivity index (χ4n) is 3.06. The summed E-state index contributed by atoms with van der Waals surface area (Å²) in [5.41, 5.74) is 5.03. The molecule has 3 rings (SSSR count). The molecular weight excluding hydrogens is 552 g/mol. The Balaban J connectivity index is 0. The molecule has 1 aliphatic carbocycles. The van der Waals surface area contributed by atoms with E-state index >= 15 is 0 Å². The van der Waals surface area contributed by atoms with E-state index in [1.807, 2.05) is 36.4 Å². The molecule has 2 aromatic carbocycles. The Morgan fingerprint density at radius 1 is 0.548 bits per heavy atom. The Hall–Kier alpha value is -2.01. The number of rotatable bonds is 3. The van der Waals surface area contributed by atoms with Crippen molar-refractivity contribution in [1.82, 2.24) is 0 Å². The summed E-state index contributed by atoms with van der Waals surface area (Å²) in [7, 11) is 0. The van der Waals surface area contributed by atoms with Gasteiger partial charge in [0.15, 0.2) is 0 Å². The van der Waals surface area contributed by atoms with Crippen LogP contribution in [0.5, 0.6) is 0 Å². The zero-order valence-electron chi connectivity index (χ0n) is 28.8. The van der Waals surface area contributed by atoms with Crippen LogP contribution in [0.25, 0.3) is 12.2 Å². The van der Waals surface area contributed by atoms with Crippen molar-refractivity contribution in [3.8, 4) is 0 Å². The maximum absolute atomic E-state index is 10.1. The van der Waals surface area contributed by atoms with Crippen molar-refractivity contribution in [2.75, 3.05) is 0 Å². The molecule has 0 bridgehead atoms. The van der Waals surface area contributed by atoms with Gasteiger partial charge in [0, 0.05) is 0 Å². The van der Waals surface area contributed by atoms with Gasteiger partial charge in [-0.15, -0.1) is 16.8 Å². The first kappa shape index (κ1) is 42.1. The standard InChI is InChI=1S/C16H14.C10H15.3C4H9O.Ti/c1-3-9-15(10-4-1)13-7-8-14-16-11-5-2-6-12-16;1-7-6-10(4,5)9(3)8(7)2;3*1-4(2,3)5;/h1-14H;1-5H3;3*1-3H3;/q;;3*-1;+3. The SMILES string of the molecule is C(C=Cc1ccccc1)=Cc1ccccc1.CC(C)(C)[O-].CC(C)(C)[O-].CC(C)(C)[O-].CC1=C(C)C(C)(C)[C]([Ti+3])=C1C. The van der Waals surface area contributed by atoms with Crippen LogP contribution in [0.2, 0.25) is 0 Å². The Bertz CT molecular complexity index is 1010. The van der Waals surface area contributed by atoms with Gasteiger partial charge in [0.1, 0.15) is 0 Å². The summed E-state index contributed by atoms with van der Waals surface area (Å²) in [6.07, 6.45) is 8.31. The van der Waals surface area contributed by atoms with Crippen molar-refractivity contribution < 1.29 is 35.8 Å². The molecule has 230 valence electrons. The van der Waals surface area contributed by atoms with Gasteiger partial charge in [-0.2, -0.15) is 0 Å². The van der Waals surface area contributed by atoms with Crippen molar-refractivity contribution in [3.05, 3.63) is 105 Å². The van der Waals surface area contributed by atoms with Gasteiger partial charge in [0.05, 0.1) is 0 Å².